The van der Waals surface area contributed by atoms with E-state index in [4.69, 9.17) is 14.6 Å². The minimum absolute atomic E-state index is 0.0432. The number of amides is 1. The zero-order valence-corrected chi connectivity index (χ0v) is 18.7. The predicted octanol–water partition coefficient (Wildman–Crippen LogP) is 4.35. The molecule has 1 aromatic heterocycles. The molecule has 0 bridgehead atoms. The topological polar surface area (TPSA) is 79.7 Å². The van der Waals surface area contributed by atoms with Gasteiger partial charge in [0.2, 0.25) is 5.91 Å². The third kappa shape index (κ3) is 8.84. The maximum atomic E-state index is 12.5. The summed E-state index contributed by atoms with van der Waals surface area (Å²) >= 11 is 0. The normalized spacial score (nSPS) is 18.4. The van der Waals surface area contributed by atoms with Gasteiger partial charge in [0.1, 0.15) is 0 Å². The molecule has 1 amide bonds. The molecule has 2 heterocycles. The van der Waals surface area contributed by atoms with Gasteiger partial charge in [0.15, 0.2) is 0 Å². The maximum Gasteiger partial charge on any atom is 0.490 e. The summed E-state index contributed by atoms with van der Waals surface area (Å²) in [5.41, 5.74) is 2.44. The molecule has 1 N–H and O–H groups in total. The monoisotopic (exact) mass is 466 g/mol. The van der Waals surface area contributed by atoms with Crippen LogP contribution in [-0.4, -0.2) is 52.2 Å². The number of piperidine rings is 1. The van der Waals surface area contributed by atoms with E-state index in [0.29, 0.717) is 12.5 Å². The van der Waals surface area contributed by atoms with Gasteiger partial charge in [0, 0.05) is 37.3 Å². The van der Waals surface area contributed by atoms with E-state index >= 15 is 0 Å². The number of nitrogens with zero attached hydrogens (tertiary/aromatic N) is 2. The Hall–Kier alpha value is -2.94. The van der Waals surface area contributed by atoms with Crippen LogP contribution in [0.1, 0.15) is 31.4 Å². The molecule has 0 radical (unpaired) electrons. The van der Waals surface area contributed by atoms with E-state index in [9.17, 15) is 18.0 Å². The summed E-state index contributed by atoms with van der Waals surface area (Å²) in [4.78, 5) is 27.4. The van der Waals surface area contributed by atoms with Crippen LogP contribution in [0.3, 0.4) is 0 Å². The van der Waals surface area contributed by atoms with Crippen LogP contribution < -0.4 is 0 Å². The number of hydrogen-bond donors (Lipinski definition) is 1. The maximum absolute atomic E-state index is 12.5. The van der Waals surface area contributed by atoms with Gasteiger partial charge in [-0.15, -0.1) is 0 Å². The summed E-state index contributed by atoms with van der Waals surface area (Å²) in [7, 11) is 0. The molecule has 0 spiro atoms. The lowest BCUT2D eigenvalue weighted by atomic mass is 9.88. The van der Waals surface area contributed by atoms with Crippen molar-refractivity contribution in [2.45, 2.75) is 45.6 Å². The average molecular weight is 467 g/mol. The fourth-order valence-electron chi connectivity index (χ4n) is 3.59. The fraction of sp³-hybridized carbons (Fsp3) is 0.458. The first-order chi connectivity index (χ1) is 15.6. The van der Waals surface area contributed by atoms with Crippen molar-refractivity contribution in [3.05, 3.63) is 66.0 Å². The number of likely N-dealkylation sites (tertiary alicyclic amines) is 1. The minimum Gasteiger partial charge on any atom is -0.475 e. The number of halogens is 3. The number of aromatic nitrogens is 1. The second kappa shape index (κ2) is 12.3. The van der Waals surface area contributed by atoms with Gasteiger partial charge in [-0.05, 0) is 36.1 Å². The Kier molecular flexibility index (Phi) is 9.84. The van der Waals surface area contributed by atoms with Gasteiger partial charge in [-0.1, -0.05) is 44.2 Å². The molecule has 1 saturated heterocycles. The van der Waals surface area contributed by atoms with E-state index in [-0.39, 0.29) is 17.9 Å². The van der Waals surface area contributed by atoms with E-state index in [1.165, 1.54) is 5.56 Å². The number of pyridine rings is 1. The van der Waals surface area contributed by atoms with Gasteiger partial charge >= 0.3 is 12.1 Å². The van der Waals surface area contributed by atoms with E-state index in [0.717, 1.165) is 31.5 Å². The summed E-state index contributed by atoms with van der Waals surface area (Å²) in [6, 6.07) is 14.5. The molecule has 0 saturated carbocycles. The van der Waals surface area contributed by atoms with Crippen LogP contribution >= 0.6 is 0 Å². The second-order valence-corrected chi connectivity index (χ2v) is 8.19. The van der Waals surface area contributed by atoms with Crippen LogP contribution in [0.4, 0.5) is 13.2 Å². The quantitative estimate of drug-likeness (QED) is 0.685. The molecule has 3 rings (SSSR count). The first-order valence-electron chi connectivity index (χ1n) is 10.7. The highest BCUT2D eigenvalue weighted by molar-refractivity contribution is 5.78. The van der Waals surface area contributed by atoms with Crippen molar-refractivity contribution in [3.8, 4) is 0 Å². The number of carbonyl (C=O) groups is 2. The predicted molar refractivity (Wildman–Crippen MR) is 116 cm³/mol. The van der Waals surface area contributed by atoms with Crippen molar-refractivity contribution in [1.82, 2.24) is 9.88 Å². The third-order valence-corrected chi connectivity index (χ3v) is 5.27. The van der Waals surface area contributed by atoms with Crippen molar-refractivity contribution in [1.29, 1.82) is 0 Å². The summed E-state index contributed by atoms with van der Waals surface area (Å²) in [5.74, 6) is -2.15. The van der Waals surface area contributed by atoms with Gasteiger partial charge in [-0.2, -0.15) is 13.2 Å². The molecule has 6 nitrogen and oxygen atoms in total. The number of carboxylic acid groups (broad SMARTS) is 1. The highest BCUT2D eigenvalue weighted by Gasteiger charge is 2.38. The van der Waals surface area contributed by atoms with Gasteiger partial charge < -0.3 is 14.7 Å². The first-order valence-corrected chi connectivity index (χ1v) is 10.7. The molecular formula is C24H29F3N2O4. The van der Waals surface area contributed by atoms with Gasteiger partial charge in [-0.3, -0.25) is 9.78 Å². The molecule has 2 aromatic rings. The van der Waals surface area contributed by atoms with E-state index in [2.05, 4.69) is 29.2 Å². The Morgan fingerprint density at radius 3 is 2.27 bits per heavy atom. The zero-order valence-electron chi connectivity index (χ0n) is 18.7. The number of carbonyl (C=O) groups excluding carboxylic acids is 1. The summed E-state index contributed by atoms with van der Waals surface area (Å²) in [6.45, 7) is 6.09. The van der Waals surface area contributed by atoms with Gasteiger partial charge in [0.25, 0.3) is 0 Å². The lowest BCUT2D eigenvalue weighted by molar-refractivity contribution is -0.192. The number of benzene rings is 1. The molecule has 33 heavy (non-hydrogen) atoms. The van der Waals surface area contributed by atoms with Crippen LogP contribution in [0.2, 0.25) is 0 Å². The van der Waals surface area contributed by atoms with Crippen molar-refractivity contribution in [2.24, 2.45) is 11.8 Å². The Bertz CT molecular complexity index is 876. The number of hydrogen-bond acceptors (Lipinski definition) is 4. The van der Waals surface area contributed by atoms with Crippen LogP contribution in [0.25, 0.3) is 0 Å². The molecule has 2 atom stereocenters. The molecule has 9 heteroatoms. The lowest BCUT2D eigenvalue weighted by Crippen LogP contribution is -2.48. The number of rotatable bonds is 6. The summed E-state index contributed by atoms with van der Waals surface area (Å²) in [5, 5.41) is 7.12. The van der Waals surface area contributed by atoms with Crippen LogP contribution in [-0.2, 0) is 27.4 Å². The summed E-state index contributed by atoms with van der Waals surface area (Å²) in [6.07, 6.45) is 0.499. The largest absolute Gasteiger partial charge is 0.490 e. The van der Waals surface area contributed by atoms with E-state index in [1.807, 2.05) is 36.9 Å². The van der Waals surface area contributed by atoms with Gasteiger partial charge in [0.05, 0.1) is 12.7 Å². The number of aliphatic carboxylic acids is 1. The van der Waals surface area contributed by atoms with Crippen LogP contribution in [0.5, 0.6) is 0 Å². The van der Waals surface area contributed by atoms with Crippen LogP contribution in [0.15, 0.2) is 54.9 Å². The van der Waals surface area contributed by atoms with E-state index < -0.39 is 12.1 Å². The standard InChI is InChI=1S/C22H28N2O2.C2HF3O2/c1-17(2)22(25)24-13-10-21(26-16-19-8-11-23-12-9-19)20(15-24)14-18-6-4-3-5-7-18;3-2(4,5)1(6)7/h3-9,11-12,17,20-21H,10,13-16H2,1-2H3;(H,6,7)/t20-,21-;/m0./s1. The van der Waals surface area contributed by atoms with Crippen LogP contribution in [0, 0.1) is 11.8 Å². The lowest BCUT2D eigenvalue weighted by Gasteiger charge is -2.39. The molecule has 1 aromatic carbocycles. The fourth-order valence-corrected chi connectivity index (χ4v) is 3.59. The Morgan fingerprint density at radius 1 is 1.12 bits per heavy atom. The molecular weight excluding hydrogens is 437 g/mol. The Balaban J connectivity index is 0.000000479. The zero-order chi connectivity index (χ0) is 24.4. The smallest absolute Gasteiger partial charge is 0.475 e. The minimum atomic E-state index is -5.08. The molecule has 180 valence electrons. The Labute approximate surface area is 191 Å². The van der Waals surface area contributed by atoms with Crippen molar-refractivity contribution >= 4 is 11.9 Å². The highest BCUT2D eigenvalue weighted by atomic mass is 19.4. The second-order valence-electron chi connectivity index (χ2n) is 8.19. The highest BCUT2D eigenvalue weighted by Crippen LogP contribution is 2.26. The molecule has 1 aliphatic rings. The van der Waals surface area contributed by atoms with Crippen molar-refractivity contribution in [2.75, 3.05) is 13.1 Å². The van der Waals surface area contributed by atoms with Crippen molar-refractivity contribution in [3.63, 3.8) is 0 Å². The molecule has 1 fully saturated rings. The van der Waals surface area contributed by atoms with E-state index in [1.54, 1.807) is 12.4 Å². The molecule has 1 aliphatic heterocycles. The first kappa shape index (κ1) is 26.3. The SMILES string of the molecule is CC(C)C(=O)N1CC[C@H](OCc2ccncc2)[C@@H](Cc2ccccc2)C1.O=C(O)C(F)(F)F. The van der Waals surface area contributed by atoms with Gasteiger partial charge in [-0.25, -0.2) is 4.79 Å². The molecule has 0 aliphatic carbocycles. The number of carboxylic acids is 1. The Morgan fingerprint density at radius 2 is 1.73 bits per heavy atom. The average Bonchev–Trinajstić information content (AvgIpc) is 2.79. The van der Waals surface area contributed by atoms with Crippen molar-refractivity contribution < 1.29 is 32.6 Å². The number of ether oxygens (including phenoxy) is 1. The number of alkyl halides is 3. The third-order valence-electron chi connectivity index (χ3n) is 5.27. The summed E-state index contributed by atoms with van der Waals surface area (Å²) < 4.78 is 38.0. The molecule has 0 unspecified atom stereocenters.